The van der Waals surface area contributed by atoms with Crippen LogP contribution in [0, 0.1) is 0 Å². The van der Waals surface area contributed by atoms with Crippen molar-refractivity contribution in [1.29, 1.82) is 0 Å². The molecule has 0 aliphatic carbocycles. The summed E-state index contributed by atoms with van der Waals surface area (Å²) in [5, 5.41) is 3.45. The van der Waals surface area contributed by atoms with Crippen molar-refractivity contribution in [3.63, 3.8) is 0 Å². The molecule has 100 valence electrons. The molecule has 1 N–H and O–H groups in total. The van der Waals surface area contributed by atoms with E-state index in [0.29, 0.717) is 19.3 Å². The van der Waals surface area contributed by atoms with Crippen LogP contribution in [0.3, 0.4) is 0 Å². The van der Waals surface area contributed by atoms with E-state index in [2.05, 4.69) is 18.8 Å². The average molecular weight is 249 g/mol. The summed E-state index contributed by atoms with van der Waals surface area (Å²) in [7, 11) is 1.67. The van der Waals surface area contributed by atoms with Gasteiger partial charge in [0.25, 0.3) is 0 Å². The molecule has 0 aromatic heterocycles. The lowest BCUT2D eigenvalue weighted by Gasteiger charge is -2.15. The molecule has 3 heteroatoms. The standard InChI is InChI=1S/C15H23NO2/c1-4-5-7-13(2)16-14-8-6-9-15(12-14)18-11-10-17-3/h4,6,8-9,12-13,16H,1,5,7,10-11H2,2-3H3. The van der Waals surface area contributed by atoms with E-state index < -0.39 is 0 Å². The molecule has 0 radical (unpaired) electrons. The molecule has 0 heterocycles. The molecule has 0 aliphatic heterocycles. The van der Waals surface area contributed by atoms with Crippen LogP contribution in [-0.2, 0) is 4.74 Å². The van der Waals surface area contributed by atoms with Gasteiger partial charge in [0.2, 0.25) is 0 Å². The molecule has 1 unspecified atom stereocenters. The maximum atomic E-state index is 5.57. The molecule has 0 bridgehead atoms. The largest absolute Gasteiger partial charge is 0.491 e. The molecule has 1 rings (SSSR count). The number of allylic oxidation sites excluding steroid dienone is 1. The van der Waals surface area contributed by atoms with E-state index in [1.54, 1.807) is 7.11 Å². The summed E-state index contributed by atoms with van der Waals surface area (Å²) in [5.74, 6) is 0.868. The normalized spacial score (nSPS) is 11.9. The second kappa shape index (κ2) is 8.59. The average Bonchev–Trinajstić information content (AvgIpc) is 2.37. The Labute approximate surface area is 110 Å². The zero-order chi connectivity index (χ0) is 13.2. The third-order valence-corrected chi connectivity index (χ3v) is 2.61. The van der Waals surface area contributed by atoms with Crippen LogP contribution in [0.4, 0.5) is 5.69 Å². The maximum Gasteiger partial charge on any atom is 0.121 e. The summed E-state index contributed by atoms with van der Waals surface area (Å²) < 4.78 is 10.5. The predicted octanol–water partition coefficient (Wildman–Crippen LogP) is 3.48. The minimum absolute atomic E-state index is 0.428. The fourth-order valence-electron chi connectivity index (χ4n) is 1.64. The minimum Gasteiger partial charge on any atom is -0.491 e. The van der Waals surface area contributed by atoms with Gasteiger partial charge >= 0.3 is 0 Å². The van der Waals surface area contributed by atoms with Crippen LogP contribution < -0.4 is 10.1 Å². The van der Waals surface area contributed by atoms with Crippen molar-refractivity contribution in [1.82, 2.24) is 0 Å². The first-order valence-electron chi connectivity index (χ1n) is 6.35. The molecule has 1 atom stereocenters. The quantitative estimate of drug-likeness (QED) is 0.537. The highest BCUT2D eigenvalue weighted by atomic mass is 16.5. The topological polar surface area (TPSA) is 30.5 Å². The fraction of sp³-hybridized carbons (Fsp3) is 0.467. The van der Waals surface area contributed by atoms with Crippen LogP contribution in [0.5, 0.6) is 5.75 Å². The van der Waals surface area contributed by atoms with E-state index in [1.807, 2.05) is 30.3 Å². The molecule has 0 saturated heterocycles. The second-order valence-corrected chi connectivity index (χ2v) is 4.28. The first-order valence-corrected chi connectivity index (χ1v) is 6.35. The van der Waals surface area contributed by atoms with Crippen LogP contribution in [0.1, 0.15) is 19.8 Å². The number of methoxy groups -OCH3 is 1. The van der Waals surface area contributed by atoms with Crippen molar-refractivity contribution in [3.05, 3.63) is 36.9 Å². The van der Waals surface area contributed by atoms with Gasteiger partial charge in [-0.3, -0.25) is 0 Å². The first-order chi connectivity index (χ1) is 8.76. The smallest absolute Gasteiger partial charge is 0.121 e. The lowest BCUT2D eigenvalue weighted by molar-refractivity contribution is 0.146. The number of ether oxygens (including phenoxy) is 2. The fourth-order valence-corrected chi connectivity index (χ4v) is 1.64. The van der Waals surface area contributed by atoms with Gasteiger partial charge in [0.05, 0.1) is 6.61 Å². The van der Waals surface area contributed by atoms with Crippen molar-refractivity contribution in [2.45, 2.75) is 25.8 Å². The number of rotatable bonds is 9. The molecule has 0 aliphatic rings. The van der Waals surface area contributed by atoms with Gasteiger partial charge in [-0.15, -0.1) is 6.58 Å². The Bertz CT molecular complexity index is 352. The van der Waals surface area contributed by atoms with Gasteiger partial charge in [0.1, 0.15) is 12.4 Å². The lowest BCUT2D eigenvalue weighted by atomic mass is 10.1. The third kappa shape index (κ3) is 5.73. The molecule has 0 amide bonds. The number of nitrogens with one attached hydrogen (secondary N) is 1. The van der Waals surface area contributed by atoms with Crippen LogP contribution in [-0.4, -0.2) is 26.4 Å². The van der Waals surface area contributed by atoms with E-state index in [1.165, 1.54) is 0 Å². The van der Waals surface area contributed by atoms with Crippen molar-refractivity contribution in [2.24, 2.45) is 0 Å². The number of hydrogen-bond acceptors (Lipinski definition) is 3. The number of hydrogen-bond donors (Lipinski definition) is 1. The molecular formula is C15H23NO2. The van der Waals surface area contributed by atoms with Gasteiger partial charge in [-0.2, -0.15) is 0 Å². The first kappa shape index (κ1) is 14.6. The van der Waals surface area contributed by atoms with Gasteiger partial charge in [-0.25, -0.2) is 0 Å². The van der Waals surface area contributed by atoms with E-state index >= 15 is 0 Å². The number of anilines is 1. The van der Waals surface area contributed by atoms with E-state index in [9.17, 15) is 0 Å². The minimum atomic E-state index is 0.428. The molecular weight excluding hydrogens is 226 g/mol. The van der Waals surface area contributed by atoms with Crippen molar-refractivity contribution < 1.29 is 9.47 Å². The Balaban J connectivity index is 2.45. The predicted molar refractivity (Wildman–Crippen MR) is 76.3 cm³/mol. The molecule has 0 spiro atoms. The summed E-state index contributed by atoms with van der Waals surface area (Å²) >= 11 is 0. The highest BCUT2D eigenvalue weighted by Gasteiger charge is 2.02. The van der Waals surface area contributed by atoms with Crippen LogP contribution >= 0.6 is 0 Å². The number of benzene rings is 1. The van der Waals surface area contributed by atoms with Crippen LogP contribution in [0.2, 0.25) is 0 Å². The molecule has 1 aromatic rings. The summed E-state index contributed by atoms with van der Waals surface area (Å²) in [5.41, 5.74) is 1.08. The molecule has 1 aromatic carbocycles. The van der Waals surface area contributed by atoms with Crippen LogP contribution in [0.25, 0.3) is 0 Å². The Hall–Kier alpha value is -1.48. The van der Waals surface area contributed by atoms with Crippen molar-refractivity contribution in [2.75, 3.05) is 25.6 Å². The van der Waals surface area contributed by atoms with Crippen LogP contribution in [0.15, 0.2) is 36.9 Å². The zero-order valence-electron chi connectivity index (χ0n) is 11.3. The Morgan fingerprint density at radius 1 is 1.39 bits per heavy atom. The maximum absolute atomic E-state index is 5.57. The Morgan fingerprint density at radius 3 is 2.94 bits per heavy atom. The van der Waals surface area contributed by atoms with E-state index in [0.717, 1.165) is 24.3 Å². The molecule has 0 saturated carbocycles. The summed E-state index contributed by atoms with van der Waals surface area (Å²) in [6, 6.07) is 8.44. The van der Waals surface area contributed by atoms with Gasteiger partial charge < -0.3 is 14.8 Å². The van der Waals surface area contributed by atoms with Gasteiger partial charge in [0, 0.05) is 24.9 Å². The van der Waals surface area contributed by atoms with E-state index in [4.69, 9.17) is 9.47 Å². The highest BCUT2D eigenvalue weighted by molar-refractivity contribution is 5.48. The monoisotopic (exact) mass is 249 g/mol. The Kier molecular flexibility index (Phi) is 6.96. The molecule has 3 nitrogen and oxygen atoms in total. The van der Waals surface area contributed by atoms with Gasteiger partial charge in [-0.05, 0) is 31.9 Å². The SMILES string of the molecule is C=CCCC(C)Nc1cccc(OCCOC)c1. The highest BCUT2D eigenvalue weighted by Crippen LogP contribution is 2.18. The Morgan fingerprint density at radius 2 is 2.22 bits per heavy atom. The molecule has 0 fully saturated rings. The van der Waals surface area contributed by atoms with Gasteiger partial charge in [0.15, 0.2) is 0 Å². The summed E-state index contributed by atoms with van der Waals surface area (Å²) in [4.78, 5) is 0. The third-order valence-electron chi connectivity index (χ3n) is 2.61. The zero-order valence-corrected chi connectivity index (χ0v) is 11.3. The second-order valence-electron chi connectivity index (χ2n) is 4.28. The lowest BCUT2D eigenvalue weighted by Crippen LogP contribution is -2.14. The molecule has 18 heavy (non-hydrogen) atoms. The summed E-state index contributed by atoms with van der Waals surface area (Å²) in [6.45, 7) is 7.08. The summed E-state index contributed by atoms with van der Waals surface area (Å²) in [6.07, 6.45) is 4.05. The van der Waals surface area contributed by atoms with E-state index in [-0.39, 0.29) is 0 Å². The van der Waals surface area contributed by atoms with Crippen molar-refractivity contribution in [3.8, 4) is 5.75 Å². The van der Waals surface area contributed by atoms with Gasteiger partial charge in [-0.1, -0.05) is 12.1 Å². The van der Waals surface area contributed by atoms with Crippen molar-refractivity contribution >= 4 is 5.69 Å².